The van der Waals surface area contributed by atoms with Crippen molar-refractivity contribution in [2.24, 2.45) is 5.92 Å². The third kappa shape index (κ3) is 2.93. The van der Waals surface area contributed by atoms with Crippen LogP contribution in [-0.4, -0.2) is 55.1 Å². The van der Waals surface area contributed by atoms with Crippen LogP contribution in [0.15, 0.2) is 0 Å². The van der Waals surface area contributed by atoms with Crippen molar-refractivity contribution in [3.63, 3.8) is 0 Å². The van der Waals surface area contributed by atoms with Crippen LogP contribution in [0.5, 0.6) is 0 Å². The first-order valence-corrected chi connectivity index (χ1v) is 5.87. The second-order valence-corrected chi connectivity index (χ2v) is 4.80. The van der Waals surface area contributed by atoms with Gasteiger partial charge in [-0.05, 0) is 6.92 Å². The van der Waals surface area contributed by atoms with Crippen LogP contribution in [0, 0.1) is 5.92 Å². The minimum absolute atomic E-state index is 0. The molecule has 0 amide bonds. The number of piperidine rings is 3. The van der Waals surface area contributed by atoms with E-state index in [1.807, 2.05) is 6.92 Å². The van der Waals surface area contributed by atoms with Crippen LogP contribution in [0.1, 0.15) is 19.8 Å². The Morgan fingerprint density at radius 1 is 1.33 bits per heavy atom. The molecule has 90 valence electrons. The second kappa shape index (κ2) is 5.62. The molecule has 3 heterocycles. The molecule has 3 nitrogen and oxygen atoms in total. The summed E-state index contributed by atoms with van der Waals surface area (Å²) in [6, 6.07) is 0. The lowest BCUT2D eigenvalue weighted by Gasteiger charge is -2.51. The van der Waals surface area contributed by atoms with E-state index >= 15 is 0 Å². The maximum absolute atomic E-state index is 9.86. The highest BCUT2D eigenvalue weighted by molar-refractivity contribution is 4.79. The predicted molar refractivity (Wildman–Crippen MR) is 55.0 cm³/mol. The number of hydrogen-bond donors (Lipinski definition) is 1. The maximum atomic E-state index is 9.86. The molecule has 3 saturated heterocycles. The van der Waals surface area contributed by atoms with Gasteiger partial charge in [0.15, 0.2) is 0 Å². The average molecular weight is 280 g/mol. The van der Waals surface area contributed by atoms with Crippen LogP contribution in [0.25, 0.3) is 0 Å². The summed E-state index contributed by atoms with van der Waals surface area (Å²) in [5, 5.41) is 9.86. The topological polar surface area (TPSA) is 29.5 Å². The van der Waals surface area contributed by atoms with Crippen molar-refractivity contribution in [1.82, 2.24) is 0 Å². The second-order valence-electron chi connectivity index (χ2n) is 4.80. The normalized spacial score (nSPS) is 38.8. The van der Waals surface area contributed by atoms with E-state index in [1.165, 1.54) is 25.9 Å². The Labute approximate surface area is 103 Å². The van der Waals surface area contributed by atoms with Gasteiger partial charge in [-0.1, -0.05) is 0 Å². The standard InChI is InChI=1S/C11H22NO2.BrH/c1-2-14-8-7-12-5-3-10(4-6-12)11(13)9-12;/h10-11,13H,2-9H2,1H3;1H/q+1;/p-1/t10?,11-,12?;/m0./s1. The number of hydrogen-bond acceptors (Lipinski definition) is 2. The zero-order valence-corrected chi connectivity index (χ0v) is 11.1. The van der Waals surface area contributed by atoms with Gasteiger partial charge in [0.1, 0.15) is 19.2 Å². The highest BCUT2D eigenvalue weighted by Gasteiger charge is 2.44. The van der Waals surface area contributed by atoms with E-state index in [-0.39, 0.29) is 23.1 Å². The van der Waals surface area contributed by atoms with Gasteiger partial charge in [-0.25, -0.2) is 0 Å². The molecule has 3 aliphatic rings. The Morgan fingerprint density at radius 2 is 2.00 bits per heavy atom. The first-order valence-electron chi connectivity index (χ1n) is 5.87. The van der Waals surface area contributed by atoms with Crippen molar-refractivity contribution in [3.05, 3.63) is 0 Å². The summed E-state index contributed by atoms with van der Waals surface area (Å²) in [4.78, 5) is 0. The molecule has 0 spiro atoms. The molecule has 0 unspecified atom stereocenters. The summed E-state index contributed by atoms with van der Waals surface area (Å²) in [5.74, 6) is 0.599. The number of aliphatic hydroxyl groups excluding tert-OH is 1. The Morgan fingerprint density at radius 3 is 2.53 bits per heavy atom. The van der Waals surface area contributed by atoms with Crippen LogP contribution in [0.4, 0.5) is 0 Å². The average Bonchev–Trinajstić information content (AvgIpc) is 2.19. The first kappa shape index (κ1) is 13.4. The van der Waals surface area contributed by atoms with E-state index in [1.54, 1.807) is 0 Å². The van der Waals surface area contributed by atoms with Crippen LogP contribution >= 0.6 is 0 Å². The summed E-state index contributed by atoms with van der Waals surface area (Å²) in [6.45, 7) is 8.29. The Bertz CT molecular complexity index is 193. The van der Waals surface area contributed by atoms with Crippen molar-refractivity contribution in [1.29, 1.82) is 0 Å². The zero-order chi connectivity index (χ0) is 10.0. The van der Waals surface area contributed by atoms with Crippen molar-refractivity contribution in [2.45, 2.75) is 25.9 Å². The van der Waals surface area contributed by atoms with E-state index in [0.717, 1.165) is 30.8 Å². The molecule has 0 radical (unpaired) electrons. The van der Waals surface area contributed by atoms with E-state index in [4.69, 9.17) is 4.74 Å². The van der Waals surface area contributed by atoms with E-state index in [2.05, 4.69) is 0 Å². The highest BCUT2D eigenvalue weighted by atomic mass is 79.9. The van der Waals surface area contributed by atoms with Crippen molar-refractivity contribution in [3.8, 4) is 0 Å². The molecule has 3 fully saturated rings. The molecule has 0 aromatic heterocycles. The van der Waals surface area contributed by atoms with Gasteiger partial charge >= 0.3 is 0 Å². The smallest absolute Gasteiger partial charge is 0.106 e. The van der Waals surface area contributed by atoms with Crippen LogP contribution < -0.4 is 17.0 Å². The summed E-state index contributed by atoms with van der Waals surface area (Å²) in [7, 11) is 0. The fraction of sp³-hybridized carbons (Fsp3) is 1.00. The Kier molecular flexibility index (Phi) is 5.03. The van der Waals surface area contributed by atoms with Crippen LogP contribution in [-0.2, 0) is 4.74 Å². The zero-order valence-electron chi connectivity index (χ0n) is 9.49. The Balaban J connectivity index is 0.00000112. The summed E-state index contributed by atoms with van der Waals surface area (Å²) in [5.41, 5.74) is 0. The molecule has 0 aromatic rings. The maximum Gasteiger partial charge on any atom is 0.106 e. The van der Waals surface area contributed by atoms with E-state index in [9.17, 15) is 5.11 Å². The molecule has 2 bridgehead atoms. The number of rotatable bonds is 4. The van der Waals surface area contributed by atoms with E-state index < -0.39 is 0 Å². The third-order valence-electron chi connectivity index (χ3n) is 3.98. The summed E-state index contributed by atoms with van der Waals surface area (Å²) in [6.07, 6.45) is 2.39. The predicted octanol–water partition coefficient (Wildman–Crippen LogP) is -2.37. The number of ether oxygens (including phenoxy) is 1. The lowest BCUT2D eigenvalue weighted by atomic mass is 9.83. The van der Waals surface area contributed by atoms with Gasteiger partial charge in [0.05, 0.1) is 19.7 Å². The molecule has 1 N–H and O–H groups in total. The van der Waals surface area contributed by atoms with E-state index in [0.29, 0.717) is 5.92 Å². The fourth-order valence-corrected chi connectivity index (χ4v) is 2.97. The van der Waals surface area contributed by atoms with Gasteiger partial charge in [0, 0.05) is 25.4 Å². The minimum Gasteiger partial charge on any atom is -1.00 e. The minimum atomic E-state index is -0.0425. The fourth-order valence-electron chi connectivity index (χ4n) is 2.97. The molecular weight excluding hydrogens is 258 g/mol. The summed E-state index contributed by atoms with van der Waals surface area (Å²) >= 11 is 0. The van der Waals surface area contributed by atoms with Gasteiger partial charge in [0.2, 0.25) is 0 Å². The lowest BCUT2D eigenvalue weighted by molar-refractivity contribution is -0.946. The largest absolute Gasteiger partial charge is 1.00 e. The first-order chi connectivity index (χ1) is 6.76. The van der Waals surface area contributed by atoms with Gasteiger partial charge in [-0.15, -0.1) is 0 Å². The van der Waals surface area contributed by atoms with Gasteiger partial charge < -0.3 is 31.3 Å². The molecule has 0 saturated carbocycles. The van der Waals surface area contributed by atoms with Crippen LogP contribution in [0.3, 0.4) is 0 Å². The van der Waals surface area contributed by atoms with Crippen molar-refractivity contribution >= 4 is 0 Å². The highest BCUT2D eigenvalue weighted by Crippen LogP contribution is 2.33. The molecule has 4 heteroatoms. The lowest BCUT2D eigenvalue weighted by Crippen LogP contribution is -3.00. The van der Waals surface area contributed by atoms with Gasteiger partial charge in [-0.2, -0.15) is 0 Å². The molecule has 0 aliphatic carbocycles. The number of halogens is 1. The number of fused-ring (bicyclic) bond motifs is 3. The molecule has 3 rings (SSSR count). The van der Waals surface area contributed by atoms with Crippen molar-refractivity contribution in [2.75, 3.05) is 39.4 Å². The number of aliphatic hydroxyl groups is 1. The Hall–Kier alpha value is 0.360. The molecular formula is C11H22BrNO2. The van der Waals surface area contributed by atoms with Gasteiger partial charge in [0.25, 0.3) is 0 Å². The molecule has 1 atom stereocenters. The molecule has 0 aromatic carbocycles. The molecule has 15 heavy (non-hydrogen) atoms. The van der Waals surface area contributed by atoms with Crippen molar-refractivity contribution < 1.29 is 31.3 Å². The van der Waals surface area contributed by atoms with Gasteiger partial charge in [-0.3, -0.25) is 0 Å². The SMILES string of the molecule is CCOCC[N+]12CCC(CC1)[C@@H](O)C2.[Br-]. The third-order valence-corrected chi connectivity index (χ3v) is 3.98. The number of nitrogens with zero attached hydrogens (tertiary/aromatic N) is 1. The summed E-state index contributed by atoms with van der Waals surface area (Å²) < 4.78 is 6.53. The molecule has 3 aliphatic heterocycles. The van der Waals surface area contributed by atoms with Crippen LogP contribution in [0.2, 0.25) is 0 Å². The quantitative estimate of drug-likeness (QED) is 0.461. The number of quaternary nitrogens is 1. The monoisotopic (exact) mass is 279 g/mol.